The second-order valence-electron chi connectivity index (χ2n) is 5.17. The molecule has 0 spiro atoms. The van der Waals surface area contributed by atoms with E-state index in [1.54, 1.807) is 0 Å². The molecule has 0 radical (unpaired) electrons. The molecular weight excluding hydrogens is 279 g/mol. The van der Waals surface area contributed by atoms with Gasteiger partial charge in [-0.3, -0.25) is 10.1 Å². The average molecular weight is 298 g/mol. The Bertz CT molecular complexity index is 524. The number of hydrogen-bond acceptors (Lipinski definition) is 5. The topological polar surface area (TPSA) is 87.6 Å². The Morgan fingerprint density at radius 1 is 1.29 bits per heavy atom. The third-order valence-electron chi connectivity index (χ3n) is 3.71. The van der Waals surface area contributed by atoms with Crippen molar-refractivity contribution in [2.75, 3.05) is 7.11 Å². The maximum atomic E-state index is 14.0. The molecule has 116 valence electrons. The van der Waals surface area contributed by atoms with Crippen molar-refractivity contribution in [1.29, 1.82) is 0 Å². The van der Waals surface area contributed by atoms with E-state index in [0.717, 1.165) is 38.2 Å². The monoisotopic (exact) mass is 298 g/mol. The standard InChI is InChI=1S/C14H19FN2O4/c1-20-14-8-13(9(15)7-11(14)17(18)19)21-12-6-4-2-3-5-10(12)16/h7-8,10,12H,2-6,16H2,1H3. The van der Waals surface area contributed by atoms with Gasteiger partial charge in [0, 0.05) is 12.1 Å². The molecule has 2 atom stereocenters. The minimum absolute atomic E-state index is 0.0291. The van der Waals surface area contributed by atoms with Gasteiger partial charge in [-0.2, -0.15) is 0 Å². The van der Waals surface area contributed by atoms with Gasteiger partial charge in [0.1, 0.15) is 6.10 Å². The number of ether oxygens (including phenoxy) is 2. The zero-order valence-corrected chi connectivity index (χ0v) is 11.9. The number of nitrogens with zero attached hydrogens (tertiary/aromatic N) is 1. The third-order valence-corrected chi connectivity index (χ3v) is 3.71. The minimum atomic E-state index is -0.779. The summed E-state index contributed by atoms with van der Waals surface area (Å²) in [7, 11) is 1.29. The van der Waals surface area contributed by atoms with E-state index < -0.39 is 16.4 Å². The molecule has 0 aliphatic heterocycles. The van der Waals surface area contributed by atoms with Crippen LogP contribution in [0.1, 0.15) is 32.1 Å². The summed E-state index contributed by atoms with van der Waals surface area (Å²) >= 11 is 0. The molecule has 0 aromatic heterocycles. The van der Waals surface area contributed by atoms with Crippen LogP contribution in [-0.4, -0.2) is 24.2 Å². The Kier molecular flexibility index (Phi) is 4.95. The van der Waals surface area contributed by atoms with Crippen LogP contribution in [0.5, 0.6) is 11.5 Å². The number of nitro benzene ring substituents is 1. The Morgan fingerprint density at radius 3 is 2.67 bits per heavy atom. The Morgan fingerprint density at radius 2 is 2.00 bits per heavy atom. The van der Waals surface area contributed by atoms with E-state index >= 15 is 0 Å². The summed E-state index contributed by atoms with van der Waals surface area (Å²) < 4.78 is 24.6. The van der Waals surface area contributed by atoms with Crippen molar-refractivity contribution in [3.05, 3.63) is 28.1 Å². The van der Waals surface area contributed by atoms with E-state index in [-0.39, 0.29) is 23.6 Å². The Hall–Kier alpha value is -1.89. The molecule has 0 saturated heterocycles. The molecule has 1 aliphatic carbocycles. The summed E-state index contributed by atoms with van der Waals surface area (Å²) in [5.41, 5.74) is 5.62. The van der Waals surface area contributed by atoms with E-state index in [0.29, 0.717) is 0 Å². The van der Waals surface area contributed by atoms with Crippen LogP contribution < -0.4 is 15.2 Å². The number of nitrogens with two attached hydrogens (primary N) is 1. The normalized spacial score (nSPS) is 22.4. The van der Waals surface area contributed by atoms with Crippen LogP contribution in [-0.2, 0) is 0 Å². The minimum Gasteiger partial charge on any atom is -0.490 e. The van der Waals surface area contributed by atoms with Gasteiger partial charge in [0.25, 0.3) is 0 Å². The lowest BCUT2D eigenvalue weighted by Crippen LogP contribution is -2.38. The van der Waals surface area contributed by atoms with Crippen molar-refractivity contribution in [1.82, 2.24) is 0 Å². The van der Waals surface area contributed by atoms with Crippen molar-refractivity contribution in [3.8, 4) is 11.5 Å². The maximum Gasteiger partial charge on any atom is 0.314 e. The number of methoxy groups -OCH3 is 1. The van der Waals surface area contributed by atoms with Gasteiger partial charge in [-0.1, -0.05) is 12.8 Å². The maximum absolute atomic E-state index is 14.0. The Balaban J connectivity index is 2.25. The number of hydrogen-bond donors (Lipinski definition) is 1. The van der Waals surface area contributed by atoms with E-state index in [2.05, 4.69) is 0 Å². The van der Waals surface area contributed by atoms with Gasteiger partial charge in [0.15, 0.2) is 11.6 Å². The van der Waals surface area contributed by atoms with Crippen molar-refractivity contribution >= 4 is 5.69 Å². The molecule has 1 aromatic carbocycles. The summed E-state index contributed by atoms with van der Waals surface area (Å²) in [6, 6.07) is 1.87. The van der Waals surface area contributed by atoms with Crippen molar-refractivity contribution in [3.63, 3.8) is 0 Å². The fraction of sp³-hybridized carbons (Fsp3) is 0.571. The first-order chi connectivity index (χ1) is 10.0. The zero-order valence-electron chi connectivity index (χ0n) is 11.9. The van der Waals surface area contributed by atoms with Gasteiger partial charge in [0.2, 0.25) is 5.75 Å². The van der Waals surface area contributed by atoms with E-state index in [1.807, 2.05) is 0 Å². The lowest BCUT2D eigenvalue weighted by molar-refractivity contribution is -0.386. The zero-order chi connectivity index (χ0) is 15.4. The summed E-state index contributed by atoms with van der Waals surface area (Å²) in [4.78, 5) is 10.1. The molecule has 2 N–H and O–H groups in total. The molecule has 0 bridgehead atoms. The smallest absolute Gasteiger partial charge is 0.314 e. The van der Waals surface area contributed by atoms with Gasteiger partial charge in [-0.15, -0.1) is 0 Å². The molecule has 1 saturated carbocycles. The van der Waals surface area contributed by atoms with E-state index in [1.165, 1.54) is 13.2 Å². The van der Waals surface area contributed by atoms with Crippen LogP contribution in [0.4, 0.5) is 10.1 Å². The van der Waals surface area contributed by atoms with Gasteiger partial charge in [0.05, 0.1) is 18.1 Å². The highest BCUT2D eigenvalue weighted by atomic mass is 19.1. The van der Waals surface area contributed by atoms with Crippen LogP contribution in [0.25, 0.3) is 0 Å². The fourth-order valence-electron chi connectivity index (χ4n) is 2.53. The molecule has 6 nitrogen and oxygen atoms in total. The second kappa shape index (κ2) is 6.71. The highest BCUT2D eigenvalue weighted by molar-refractivity contribution is 5.51. The van der Waals surface area contributed by atoms with E-state index in [9.17, 15) is 14.5 Å². The average Bonchev–Trinajstić information content (AvgIpc) is 2.65. The molecule has 1 fully saturated rings. The summed E-state index contributed by atoms with van der Waals surface area (Å²) in [5, 5.41) is 10.8. The van der Waals surface area contributed by atoms with Crippen molar-refractivity contribution < 1.29 is 18.8 Å². The highest BCUT2D eigenvalue weighted by Crippen LogP contribution is 2.35. The first-order valence-electron chi connectivity index (χ1n) is 6.97. The summed E-state index contributed by atoms with van der Waals surface area (Å²) in [6.45, 7) is 0. The number of rotatable bonds is 4. The molecular formula is C14H19FN2O4. The summed E-state index contributed by atoms with van der Waals surface area (Å²) in [5.74, 6) is -0.864. The fourth-order valence-corrected chi connectivity index (χ4v) is 2.53. The second-order valence-corrected chi connectivity index (χ2v) is 5.17. The Labute approximate surface area is 122 Å². The molecule has 21 heavy (non-hydrogen) atoms. The van der Waals surface area contributed by atoms with E-state index in [4.69, 9.17) is 15.2 Å². The summed E-state index contributed by atoms with van der Waals surface area (Å²) in [6.07, 6.45) is 4.39. The lowest BCUT2D eigenvalue weighted by atomic mass is 10.1. The van der Waals surface area contributed by atoms with Crippen LogP contribution >= 0.6 is 0 Å². The van der Waals surface area contributed by atoms with Gasteiger partial charge < -0.3 is 15.2 Å². The van der Waals surface area contributed by atoms with Gasteiger partial charge >= 0.3 is 5.69 Å². The van der Waals surface area contributed by atoms with Gasteiger partial charge in [-0.25, -0.2) is 4.39 Å². The molecule has 2 rings (SSSR count). The van der Waals surface area contributed by atoms with Crippen LogP contribution in [0.3, 0.4) is 0 Å². The number of benzene rings is 1. The SMILES string of the molecule is COc1cc(OC2CCCCCC2N)c(F)cc1[N+](=O)[O-]. The quantitative estimate of drug-likeness (QED) is 0.524. The van der Waals surface area contributed by atoms with Crippen molar-refractivity contribution in [2.24, 2.45) is 5.73 Å². The number of nitro groups is 1. The number of halogens is 1. The van der Waals surface area contributed by atoms with Crippen molar-refractivity contribution in [2.45, 2.75) is 44.2 Å². The largest absolute Gasteiger partial charge is 0.490 e. The lowest BCUT2D eigenvalue weighted by Gasteiger charge is -2.23. The molecule has 2 unspecified atom stereocenters. The molecule has 0 heterocycles. The predicted molar refractivity (Wildman–Crippen MR) is 75.1 cm³/mol. The first kappa shape index (κ1) is 15.5. The van der Waals surface area contributed by atoms with Crippen LogP contribution in [0.15, 0.2) is 12.1 Å². The molecule has 1 aliphatic rings. The molecule has 1 aromatic rings. The first-order valence-corrected chi connectivity index (χ1v) is 6.97. The highest BCUT2D eigenvalue weighted by Gasteiger charge is 2.26. The van der Waals surface area contributed by atoms with Gasteiger partial charge in [-0.05, 0) is 19.3 Å². The molecule has 0 amide bonds. The van der Waals surface area contributed by atoms with Crippen LogP contribution in [0.2, 0.25) is 0 Å². The van der Waals surface area contributed by atoms with Crippen LogP contribution in [0, 0.1) is 15.9 Å². The third kappa shape index (κ3) is 3.60. The predicted octanol–water partition coefficient (Wildman–Crippen LogP) is 2.78. The molecule has 7 heteroatoms.